The van der Waals surface area contributed by atoms with E-state index in [9.17, 15) is 14.4 Å². The van der Waals surface area contributed by atoms with Crippen molar-refractivity contribution < 1.29 is 14.4 Å². The highest BCUT2D eigenvalue weighted by molar-refractivity contribution is 7.13. The molecule has 0 aliphatic carbocycles. The van der Waals surface area contributed by atoms with E-state index < -0.39 is 0 Å². The lowest BCUT2D eigenvalue weighted by Crippen LogP contribution is -2.30. The number of hydrogen-bond donors (Lipinski definition) is 1. The van der Waals surface area contributed by atoms with Crippen LogP contribution in [-0.2, 0) is 27.2 Å². The van der Waals surface area contributed by atoms with Crippen LogP contribution in [0.1, 0.15) is 31.0 Å². The van der Waals surface area contributed by atoms with Crippen LogP contribution in [0.15, 0.2) is 53.9 Å². The second-order valence-corrected chi connectivity index (χ2v) is 7.92. The van der Waals surface area contributed by atoms with E-state index in [0.29, 0.717) is 17.1 Å². The van der Waals surface area contributed by atoms with Crippen molar-refractivity contribution in [2.24, 2.45) is 0 Å². The normalized spacial score (nSPS) is 13.7. The van der Waals surface area contributed by atoms with Gasteiger partial charge >= 0.3 is 0 Å². The van der Waals surface area contributed by atoms with Crippen LogP contribution >= 0.6 is 11.3 Å². The minimum Gasteiger partial charge on any atom is -0.324 e. The molecular formula is C23H21N3O3S. The molecule has 0 atom stereocenters. The zero-order valence-electron chi connectivity index (χ0n) is 16.6. The molecule has 152 valence electrons. The van der Waals surface area contributed by atoms with Crippen molar-refractivity contribution in [2.75, 3.05) is 10.2 Å². The van der Waals surface area contributed by atoms with E-state index in [2.05, 4.69) is 29.4 Å². The molecule has 6 nitrogen and oxygen atoms in total. The summed E-state index contributed by atoms with van der Waals surface area (Å²) in [5, 5.41) is 5.57. The van der Waals surface area contributed by atoms with Gasteiger partial charge in [0.2, 0.25) is 17.7 Å². The van der Waals surface area contributed by atoms with Crippen LogP contribution in [0.4, 0.5) is 11.4 Å². The number of carbonyl (C=O) groups excluding carboxylic acids is 3. The molecule has 1 fully saturated rings. The predicted molar refractivity (Wildman–Crippen MR) is 117 cm³/mol. The van der Waals surface area contributed by atoms with Gasteiger partial charge in [0.15, 0.2) is 0 Å². The molecule has 3 amide bonds. The number of carbonyl (C=O) groups is 3. The van der Waals surface area contributed by atoms with E-state index in [1.54, 1.807) is 24.3 Å². The van der Waals surface area contributed by atoms with E-state index in [1.807, 2.05) is 17.5 Å². The van der Waals surface area contributed by atoms with Gasteiger partial charge in [0, 0.05) is 23.8 Å². The number of thiazole rings is 1. The van der Waals surface area contributed by atoms with Crippen molar-refractivity contribution in [1.29, 1.82) is 0 Å². The Hall–Kier alpha value is -3.32. The third-order valence-corrected chi connectivity index (χ3v) is 5.91. The molecule has 0 bridgehead atoms. The SMILES string of the molecule is CCc1ccc(-c2nc(CC(=O)Nc3ccccc3N3C(=O)CCC3=O)cs2)cc1. The molecule has 0 spiro atoms. The van der Waals surface area contributed by atoms with Gasteiger partial charge in [-0.05, 0) is 24.1 Å². The van der Waals surface area contributed by atoms with Gasteiger partial charge in [-0.15, -0.1) is 11.3 Å². The fourth-order valence-corrected chi connectivity index (χ4v) is 4.21. The Morgan fingerprint density at radius 3 is 2.47 bits per heavy atom. The standard InChI is InChI=1S/C23H21N3O3S/c1-2-15-7-9-16(10-8-15)23-24-17(14-30-23)13-20(27)25-18-5-3-4-6-19(18)26-21(28)11-12-22(26)29/h3-10,14H,2,11-13H2,1H3,(H,25,27). The fraction of sp³-hybridized carbons (Fsp3) is 0.217. The minimum atomic E-state index is -0.250. The van der Waals surface area contributed by atoms with Crippen LogP contribution in [0, 0.1) is 0 Å². The number of nitrogens with zero attached hydrogens (tertiary/aromatic N) is 2. The summed E-state index contributed by atoms with van der Waals surface area (Å²) in [6.45, 7) is 2.11. The summed E-state index contributed by atoms with van der Waals surface area (Å²) >= 11 is 1.50. The Morgan fingerprint density at radius 2 is 1.77 bits per heavy atom. The van der Waals surface area contributed by atoms with E-state index >= 15 is 0 Å². The topological polar surface area (TPSA) is 79.4 Å². The summed E-state index contributed by atoms with van der Waals surface area (Å²) in [6, 6.07) is 15.1. The van der Waals surface area contributed by atoms with Crippen LogP contribution < -0.4 is 10.2 Å². The van der Waals surface area contributed by atoms with Crippen molar-refractivity contribution in [3.05, 3.63) is 65.2 Å². The number of para-hydroxylation sites is 2. The Bertz CT molecular complexity index is 1090. The van der Waals surface area contributed by atoms with Gasteiger partial charge in [0.1, 0.15) is 5.01 Å². The van der Waals surface area contributed by atoms with Crippen molar-refractivity contribution >= 4 is 40.4 Å². The number of hydrogen-bond acceptors (Lipinski definition) is 5. The number of aromatic nitrogens is 1. The highest BCUT2D eigenvalue weighted by Crippen LogP contribution is 2.30. The lowest BCUT2D eigenvalue weighted by molar-refractivity contribution is -0.121. The molecule has 0 saturated carbocycles. The first-order valence-corrected chi connectivity index (χ1v) is 10.7. The molecule has 3 aromatic rings. The van der Waals surface area contributed by atoms with Crippen molar-refractivity contribution in [1.82, 2.24) is 4.98 Å². The van der Waals surface area contributed by atoms with E-state index in [4.69, 9.17) is 0 Å². The number of amides is 3. The van der Waals surface area contributed by atoms with Crippen molar-refractivity contribution in [2.45, 2.75) is 32.6 Å². The average Bonchev–Trinajstić information content (AvgIpc) is 3.35. The van der Waals surface area contributed by atoms with Gasteiger partial charge in [-0.25, -0.2) is 9.88 Å². The maximum atomic E-state index is 12.6. The molecule has 2 aromatic carbocycles. The molecule has 1 aliphatic rings. The third kappa shape index (κ3) is 4.16. The molecule has 7 heteroatoms. The molecule has 0 radical (unpaired) electrons. The second kappa shape index (κ2) is 8.59. The van der Waals surface area contributed by atoms with Crippen LogP contribution in [0.25, 0.3) is 10.6 Å². The number of aryl methyl sites for hydroxylation is 1. The molecular weight excluding hydrogens is 398 g/mol. The summed E-state index contributed by atoms with van der Waals surface area (Å²) in [7, 11) is 0. The summed E-state index contributed by atoms with van der Waals surface area (Å²) in [5.74, 6) is -0.750. The number of benzene rings is 2. The van der Waals surface area contributed by atoms with Gasteiger partial charge < -0.3 is 5.32 Å². The van der Waals surface area contributed by atoms with Crippen molar-refractivity contribution in [3.63, 3.8) is 0 Å². The number of anilines is 2. The maximum absolute atomic E-state index is 12.6. The zero-order valence-corrected chi connectivity index (χ0v) is 17.4. The average molecular weight is 420 g/mol. The zero-order chi connectivity index (χ0) is 21.1. The van der Waals surface area contributed by atoms with Gasteiger partial charge in [-0.2, -0.15) is 0 Å². The highest BCUT2D eigenvalue weighted by Gasteiger charge is 2.31. The van der Waals surface area contributed by atoms with Gasteiger partial charge in [0.25, 0.3) is 0 Å². The molecule has 30 heavy (non-hydrogen) atoms. The monoisotopic (exact) mass is 419 g/mol. The molecule has 1 aromatic heterocycles. The van der Waals surface area contributed by atoms with Gasteiger partial charge in [-0.3, -0.25) is 14.4 Å². The molecule has 1 saturated heterocycles. The third-order valence-electron chi connectivity index (χ3n) is 4.97. The Kier molecular flexibility index (Phi) is 5.72. The Labute approximate surface area is 178 Å². The van der Waals surface area contributed by atoms with Crippen molar-refractivity contribution in [3.8, 4) is 10.6 Å². The summed E-state index contributed by atoms with van der Waals surface area (Å²) in [4.78, 5) is 42.5. The van der Waals surface area contributed by atoms with E-state index in [0.717, 1.165) is 21.9 Å². The first-order valence-electron chi connectivity index (χ1n) is 9.83. The maximum Gasteiger partial charge on any atom is 0.234 e. The molecule has 0 unspecified atom stereocenters. The smallest absolute Gasteiger partial charge is 0.234 e. The lowest BCUT2D eigenvalue weighted by Gasteiger charge is -2.18. The Balaban J connectivity index is 1.46. The van der Waals surface area contributed by atoms with Gasteiger partial charge in [-0.1, -0.05) is 43.3 Å². The minimum absolute atomic E-state index is 0.111. The number of nitrogens with one attached hydrogen (secondary N) is 1. The van der Waals surface area contributed by atoms with E-state index in [-0.39, 0.29) is 37.0 Å². The first kappa shape index (κ1) is 20.0. The number of imide groups is 1. The highest BCUT2D eigenvalue weighted by atomic mass is 32.1. The van der Waals surface area contributed by atoms with E-state index in [1.165, 1.54) is 16.9 Å². The molecule has 2 heterocycles. The number of rotatable bonds is 6. The second-order valence-electron chi connectivity index (χ2n) is 7.06. The predicted octanol–water partition coefficient (Wildman–Crippen LogP) is 4.21. The molecule has 4 rings (SSSR count). The largest absolute Gasteiger partial charge is 0.324 e. The summed E-state index contributed by atoms with van der Waals surface area (Å²) < 4.78 is 0. The molecule has 1 aliphatic heterocycles. The summed E-state index contributed by atoms with van der Waals surface area (Å²) in [5.41, 5.74) is 3.83. The molecule has 1 N–H and O–H groups in total. The Morgan fingerprint density at radius 1 is 1.07 bits per heavy atom. The van der Waals surface area contributed by atoms with Crippen LogP contribution in [0.2, 0.25) is 0 Å². The summed E-state index contributed by atoms with van der Waals surface area (Å²) in [6.07, 6.45) is 1.49. The fourth-order valence-electron chi connectivity index (χ4n) is 3.38. The quantitative estimate of drug-likeness (QED) is 0.607. The lowest BCUT2D eigenvalue weighted by atomic mass is 10.1. The van der Waals surface area contributed by atoms with Gasteiger partial charge in [0.05, 0.1) is 23.5 Å². The van der Waals surface area contributed by atoms with Crippen LogP contribution in [-0.4, -0.2) is 22.7 Å². The van der Waals surface area contributed by atoms with Crippen LogP contribution in [0.3, 0.4) is 0 Å². The first-order chi connectivity index (χ1) is 14.5. The van der Waals surface area contributed by atoms with Crippen LogP contribution in [0.5, 0.6) is 0 Å².